The first-order chi connectivity index (χ1) is 18.2. The van der Waals surface area contributed by atoms with Gasteiger partial charge in [-0.2, -0.15) is 10.2 Å². The van der Waals surface area contributed by atoms with Gasteiger partial charge in [0.25, 0.3) is 5.91 Å². The maximum atomic E-state index is 14.4. The number of hydrogen-bond donors (Lipinski definition) is 2. The summed E-state index contributed by atoms with van der Waals surface area (Å²) in [5.41, 5.74) is 7.50. The summed E-state index contributed by atoms with van der Waals surface area (Å²) < 4.78 is 17.6. The molecule has 0 unspecified atom stereocenters. The Morgan fingerprint density at radius 2 is 1.92 bits per heavy atom. The van der Waals surface area contributed by atoms with Crippen molar-refractivity contribution in [3.8, 4) is 11.5 Å². The number of carbonyl (C=O) groups is 1. The van der Waals surface area contributed by atoms with Gasteiger partial charge in [-0.3, -0.25) is 9.48 Å². The lowest BCUT2D eigenvalue weighted by atomic mass is 9.84. The number of nitrogens with one attached hydrogen (secondary N) is 1. The number of nitrogens with zero attached hydrogens (tertiary/aromatic N) is 8. The molecule has 0 bridgehead atoms. The van der Waals surface area contributed by atoms with E-state index in [2.05, 4.69) is 30.4 Å². The van der Waals surface area contributed by atoms with E-state index in [-0.39, 0.29) is 23.9 Å². The topological polar surface area (TPSA) is 142 Å². The molecule has 190 valence electrons. The van der Waals surface area contributed by atoms with Gasteiger partial charge in [-0.25, -0.2) is 29.0 Å². The van der Waals surface area contributed by atoms with E-state index in [1.807, 2.05) is 19.9 Å². The van der Waals surface area contributed by atoms with Gasteiger partial charge in [-0.15, -0.1) is 0 Å². The number of pyridine rings is 1. The van der Waals surface area contributed by atoms with E-state index >= 15 is 0 Å². The van der Waals surface area contributed by atoms with Crippen molar-refractivity contribution >= 4 is 34.4 Å². The maximum absolute atomic E-state index is 14.4. The summed E-state index contributed by atoms with van der Waals surface area (Å²) >= 11 is 0. The van der Waals surface area contributed by atoms with Crippen molar-refractivity contribution in [2.75, 3.05) is 5.32 Å². The molecule has 0 aliphatic carbocycles. The Morgan fingerprint density at radius 3 is 2.68 bits per heavy atom. The molecule has 0 fully saturated rings. The van der Waals surface area contributed by atoms with Crippen molar-refractivity contribution in [2.24, 2.45) is 17.8 Å². The van der Waals surface area contributed by atoms with Gasteiger partial charge < -0.3 is 11.1 Å². The maximum Gasteiger partial charge on any atom is 0.275 e. The number of hydrogen-bond acceptors (Lipinski definition) is 8. The van der Waals surface area contributed by atoms with Crippen LogP contribution < -0.4 is 11.1 Å². The van der Waals surface area contributed by atoms with E-state index < -0.39 is 11.3 Å². The molecule has 1 aliphatic rings. The summed E-state index contributed by atoms with van der Waals surface area (Å²) in [6.07, 6.45) is 3.22. The van der Waals surface area contributed by atoms with Crippen LogP contribution in [0, 0.1) is 5.82 Å². The number of halogens is 1. The fraction of sp³-hybridized carbons (Fsp3) is 0.192. The first-order valence-corrected chi connectivity index (χ1v) is 11.9. The summed E-state index contributed by atoms with van der Waals surface area (Å²) in [6.45, 7) is 3.88. The molecule has 0 saturated heterocycles. The number of rotatable bonds is 5. The molecular weight excluding hydrogens is 487 g/mol. The normalized spacial score (nSPS) is 13.9. The molecule has 5 heterocycles. The van der Waals surface area contributed by atoms with Gasteiger partial charge in [0, 0.05) is 30.4 Å². The number of anilines is 1. The van der Waals surface area contributed by atoms with Crippen LogP contribution in [0.3, 0.4) is 0 Å². The van der Waals surface area contributed by atoms with Crippen LogP contribution >= 0.6 is 0 Å². The average molecular weight is 511 g/mol. The summed E-state index contributed by atoms with van der Waals surface area (Å²) in [7, 11) is 1.72. The predicted molar refractivity (Wildman–Crippen MR) is 140 cm³/mol. The molecule has 0 radical (unpaired) electrons. The minimum atomic E-state index is -0.763. The number of fused-ring (bicyclic) bond motifs is 2. The number of amides is 1. The first kappa shape index (κ1) is 23.4. The molecule has 12 heteroatoms. The third-order valence-corrected chi connectivity index (χ3v) is 6.66. The van der Waals surface area contributed by atoms with Crippen LogP contribution in [0.15, 0.2) is 59.9 Å². The van der Waals surface area contributed by atoms with Gasteiger partial charge in [0.2, 0.25) is 0 Å². The van der Waals surface area contributed by atoms with Crippen LogP contribution in [0.5, 0.6) is 0 Å². The zero-order chi connectivity index (χ0) is 26.6. The molecule has 1 aliphatic heterocycles. The molecule has 4 aromatic heterocycles. The van der Waals surface area contributed by atoms with Gasteiger partial charge in [0.15, 0.2) is 17.3 Å². The highest BCUT2D eigenvalue weighted by molar-refractivity contribution is 6.09. The van der Waals surface area contributed by atoms with Crippen molar-refractivity contribution in [3.63, 3.8) is 0 Å². The number of nitrogens with two attached hydrogens (primary N) is 1. The van der Waals surface area contributed by atoms with E-state index in [4.69, 9.17) is 10.8 Å². The average Bonchev–Trinajstić information content (AvgIpc) is 3.54. The Balaban J connectivity index is 1.52. The molecule has 38 heavy (non-hydrogen) atoms. The molecule has 6 rings (SSSR count). The molecule has 11 nitrogen and oxygen atoms in total. The third-order valence-electron chi connectivity index (χ3n) is 6.66. The van der Waals surface area contributed by atoms with E-state index in [9.17, 15) is 9.18 Å². The van der Waals surface area contributed by atoms with Crippen molar-refractivity contribution in [2.45, 2.75) is 25.8 Å². The first-order valence-electron chi connectivity index (χ1n) is 11.9. The summed E-state index contributed by atoms with van der Waals surface area (Å²) in [5.74, 6) is 0.498. The standard InChI is InChI=1S/C26H23FN10O/c1-26(2)18-20(24(38)31-17-10-12-30-36(17)3)32-22(33-21(18)34-25(26)28)19-15-8-6-11-29-23(15)37(35-19)13-14-7-4-5-9-16(14)27/h4-12H,13H2,1-3H3,(H,31,38)(H2,28,32,33,34). The van der Waals surface area contributed by atoms with Crippen LogP contribution in [0.4, 0.5) is 16.0 Å². The molecule has 0 saturated carbocycles. The molecule has 3 N–H and O–H groups in total. The Morgan fingerprint density at radius 1 is 1.11 bits per heavy atom. The second-order valence-electron chi connectivity index (χ2n) is 9.48. The lowest BCUT2D eigenvalue weighted by Crippen LogP contribution is -2.34. The lowest BCUT2D eigenvalue weighted by Gasteiger charge is -2.21. The van der Waals surface area contributed by atoms with Gasteiger partial charge in [-0.05, 0) is 32.0 Å². The SMILES string of the molecule is Cn1nccc1NC(=O)c1nc(-c2nn(Cc3ccccc3F)c3ncccc23)nc2c1C(C)(C)C(N)=N2. The second kappa shape index (κ2) is 8.54. The Labute approximate surface area is 216 Å². The van der Waals surface area contributed by atoms with Crippen molar-refractivity contribution in [3.05, 3.63) is 77.5 Å². The largest absolute Gasteiger partial charge is 0.386 e. The van der Waals surface area contributed by atoms with Crippen LogP contribution in [-0.4, -0.2) is 46.3 Å². The number of aromatic nitrogens is 7. The lowest BCUT2D eigenvalue weighted by molar-refractivity contribution is 0.101. The van der Waals surface area contributed by atoms with Gasteiger partial charge in [0.05, 0.1) is 23.5 Å². The zero-order valence-corrected chi connectivity index (χ0v) is 20.8. The summed E-state index contributed by atoms with van der Waals surface area (Å²) in [5, 5.41) is 12.3. The number of aryl methyl sites for hydroxylation is 1. The van der Waals surface area contributed by atoms with Crippen LogP contribution in [0.2, 0.25) is 0 Å². The smallest absolute Gasteiger partial charge is 0.275 e. The molecular formula is C26H23FN10O. The molecule has 1 aromatic carbocycles. The van der Waals surface area contributed by atoms with E-state index in [0.29, 0.717) is 45.3 Å². The minimum Gasteiger partial charge on any atom is -0.386 e. The van der Waals surface area contributed by atoms with Crippen molar-refractivity contribution < 1.29 is 9.18 Å². The molecule has 0 spiro atoms. The fourth-order valence-electron chi connectivity index (χ4n) is 4.50. The highest BCUT2D eigenvalue weighted by Gasteiger charge is 2.40. The monoisotopic (exact) mass is 510 g/mol. The highest BCUT2D eigenvalue weighted by Crippen LogP contribution is 2.41. The molecule has 5 aromatic rings. The summed E-state index contributed by atoms with van der Waals surface area (Å²) in [6, 6.07) is 11.8. The van der Waals surface area contributed by atoms with E-state index in [0.717, 1.165) is 0 Å². The Bertz CT molecular complexity index is 1770. The Kier molecular flexibility index (Phi) is 5.26. The van der Waals surface area contributed by atoms with Crippen molar-refractivity contribution in [1.82, 2.24) is 34.5 Å². The molecule has 0 atom stereocenters. The van der Waals surface area contributed by atoms with Crippen LogP contribution in [0.1, 0.15) is 35.5 Å². The third kappa shape index (κ3) is 3.69. The van der Waals surface area contributed by atoms with E-state index in [1.54, 1.807) is 59.1 Å². The number of aliphatic imine (C=N–C) groups is 1. The van der Waals surface area contributed by atoms with Crippen molar-refractivity contribution in [1.29, 1.82) is 0 Å². The van der Waals surface area contributed by atoms with Gasteiger partial charge in [-0.1, -0.05) is 18.2 Å². The van der Waals surface area contributed by atoms with E-state index in [1.165, 1.54) is 6.07 Å². The van der Waals surface area contributed by atoms with Gasteiger partial charge in [0.1, 0.15) is 28.9 Å². The fourth-order valence-corrected chi connectivity index (χ4v) is 4.50. The number of carbonyl (C=O) groups excluding carboxylic acids is 1. The highest BCUT2D eigenvalue weighted by atomic mass is 19.1. The predicted octanol–water partition coefficient (Wildman–Crippen LogP) is 3.34. The summed E-state index contributed by atoms with van der Waals surface area (Å²) in [4.78, 5) is 31.8. The van der Waals surface area contributed by atoms with Crippen LogP contribution in [0.25, 0.3) is 22.6 Å². The van der Waals surface area contributed by atoms with Crippen LogP contribution in [-0.2, 0) is 19.0 Å². The second-order valence-corrected chi connectivity index (χ2v) is 9.48. The minimum absolute atomic E-state index is 0.126. The quantitative estimate of drug-likeness (QED) is 0.369. The number of amidine groups is 1. The molecule has 1 amide bonds. The zero-order valence-electron chi connectivity index (χ0n) is 20.8. The van der Waals surface area contributed by atoms with Gasteiger partial charge >= 0.3 is 0 Å². The number of benzene rings is 1. The Hall–Kier alpha value is -5.00.